The van der Waals surface area contributed by atoms with Crippen LogP contribution in [0.4, 0.5) is 0 Å². The molecule has 0 aromatic carbocycles. The first kappa shape index (κ1) is 31.8. The lowest BCUT2D eigenvalue weighted by Gasteiger charge is -2.28. The van der Waals surface area contributed by atoms with E-state index in [-0.39, 0.29) is 67.0 Å². The van der Waals surface area contributed by atoms with Gasteiger partial charge < -0.3 is 33.7 Å². The van der Waals surface area contributed by atoms with Gasteiger partial charge in [-0.15, -0.1) is 0 Å². The van der Waals surface area contributed by atoms with Gasteiger partial charge in [0.2, 0.25) is 0 Å². The number of unbranched alkanes of at least 4 members (excludes halogenated alkanes) is 3. The van der Waals surface area contributed by atoms with Crippen molar-refractivity contribution in [1.82, 2.24) is 0 Å². The maximum atomic E-state index is 14.1. The van der Waals surface area contributed by atoms with Crippen LogP contribution in [0.25, 0.3) is 0 Å². The van der Waals surface area contributed by atoms with Crippen molar-refractivity contribution in [1.29, 1.82) is 0 Å². The van der Waals surface area contributed by atoms with Gasteiger partial charge in [-0.05, 0) is 47.1 Å². The predicted octanol–water partition coefficient (Wildman–Crippen LogP) is 4.35. The molecule has 2 saturated heterocycles. The van der Waals surface area contributed by atoms with Gasteiger partial charge in [0.05, 0.1) is 43.7 Å². The Bertz CT molecular complexity index is 707. The Morgan fingerprint density at radius 1 is 0.917 bits per heavy atom. The van der Waals surface area contributed by atoms with E-state index in [4.69, 9.17) is 33.7 Å². The highest BCUT2D eigenvalue weighted by molar-refractivity contribution is 7.54. The van der Waals surface area contributed by atoms with Crippen molar-refractivity contribution >= 4 is 13.4 Å². The van der Waals surface area contributed by atoms with E-state index in [0.717, 1.165) is 25.7 Å². The molecule has 9 nitrogen and oxygen atoms in total. The summed E-state index contributed by atoms with van der Waals surface area (Å²) in [5.41, 5.74) is 5.55. The molecule has 9 atom stereocenters. The highest BCUT2D eigenvalue weighted by atomic mass is 31.2. The fraction of sp³-hybridized carbons (Fsp3) is 0.962. The molecule has 212 valence electrons. The molecule has 2 N–H and O–H groups in total. The van der Waals surface area contributed by atoms with Crippen LogP contribution in [0.5, 0.6) is 0 Å². The molecule has 0 aromatic rings. The third kappa shape index (κ3) is 9.42. The maximum Gasteiger partial charge on any atom is 0.338 e. The Labute approximate surface area is 217 Å². The molecule has 10 heteroatoms. The van der Waals surface area contributed by atoms with Crippen LogP contribution in [0.15, 0.2) is 0 Å². The van der Waals surface area contributed by atoms with E-state index in [1.165, 1.54) is 0 Å². The van der Waals surface area contributed by atoms with Crippen LogP contribution in [0.3, 0.4) is 0 Å². The Kier molecular flexibility index (Phi) is 13.5. The summed E-state index contributed by atoms with van der Waals surface area (Å²) in [5.74, 6) is -0.101. The first-order valence-electron chi connectivity index (χ1n) is 13.6. The van der Waals surface area contributed by atoms with Gasteiger partial charge >= 0.3 is 7.60 Å². The molecule has 3 unspecified atom stereocenters. The van der Waals surface area contributed by atoms with Crippen molar-refractivity contribution < 1.29 is 37.4 Å². The fourth-order valence-corrected chi connectivity index (χ4v) is 6.87. The maximum absolute atomic E-state index is 14.1. The second-order valence-corrected chi connectivity index (χ2v) is 12.7. The summed E-state index contributed by atoms with van der Waals surface area (Å²) in [6.07, 6.45) is 2.22. The molecule has 2 aliphatic rings. The van der Waals surface area contributed by atoms with Gasteiger partial charge in [0.15, 0.2) is 0 Å². The van der Waals surface area contributed by atoms with E-state index in [0.29, 0.717) is 19.6 Å². The molecule has 0 amide bonds. The summed E-state index contributed by atoms with van der Waals surface area (Å²) in [6.45, 7) is 12.9. The highest BCUT2D eigenvalue weighted by Crippen LogP contribution is 2.53. The van der Waals surface area contributed by atoms with Crippen LogP contribution in [0.1, 0.15) is 73.6 Å². The smallest absolute Gasteiger partial charge is 0.338 e. The Morgan fingerprint density at radius 2 is 1.58 bits per heavy atom. The molecule has 0 aromatic heterocycles. The number of hydrogen-bond acceptors (Lipinski definition) is 9. The van der Waals surface area contributed by atoms with Crippen LogP contribution in [0, 0.1) is 11.8 Å². The quantitative estimate of drug-likeness (QED) is 0.214. The number of rotatable bonds is 17. The van der Waals surface area contributed by atoms with E-state index in [1.54, 1.807) is 7.11 Å². The number of ether oxygens (including phenoxy) is 4. The molecule has 36 heavy (non-hydrogen) atoms. The Balaban J connectivity index is 2.10. The van der Waals surface area contributed by atoms with Gasteiger partial charge in [0, 0.05) is 25.4 Å². The molecule has 2 heterocycles. The van der Waals surface area contributed by atoms with E-state index in [9.17, 15) is 9.36 Å². The number of carbonyl (C=O) groups excluding carboxylic acids is 1. The minimum absolute atomic E-state index is 0.0288. The zero-order chi connectivity index (χ0) is 26.9. The molecule has 2 aliphatic heterocycles. The van der Waals surface area contributed by atoms with Crippen molar-refractivity contribution in [3.63, 3.8) is 0 Å². The Hall–Kier alpha value is -0.380. The van der Waals surface area contributed by atoms with Gasteiger partial charge in [-0.2, -0.15) is 0 Å². The lowest BCUT2D eigenvalue weighted by atomic mass is 9.99. The van der Waals surface area contributed by atoms with E-state index in [2.05, 4.69) is 0 Å². The predicted molar refractivity (Wildman–Crippen MR) is 139 cm³/mol. The van der Waals surface area contributed by atoms with Gasteiger partial charge in [0.1, 0.15) is 24.2 Å². The van der Waals surface area contributed by atoms with Crippen molar-refractivity contribution in [2.75, 3.05) is 33.0 Å². The monoisotopic (exact) mass is 535 g/mol. The second-order valence-electron chi connectivity index (χ2n) is 10.7. The summed E-state index contributed by atoms with van der Waals surface area (Å²) in [7, 11) is -2.13. The topological polar surface area (TPSA) is 116 Å². The molecule has 2 fully saturated rings. The molecular formula is C26H50NO8P. The summed E-state index contributed by atoms with van der Waals surface area (Å²) in [4.78, 5) is 12.9. The number of nitrogens with two attached hydrogens (primary N) is 1. The van der Waals surface area contributed by atoms with Crippen LogP contribution in [-0.4, -0.2) is 81.5 Å². The largest absolute Gasteiger partial charge is 0.378 e. The van der Waals surface area contributed by atoms with Crippen molar-refractivity contribution in [2.45, 2.75) is 116 Å². The van der Waals surface area contributed by atoms with Crippen LogP contribution in [0.2, 0.25) is 0 Å². The molecular weight excluding hydrogens is 485 g/mol. The first-order chi connectivity index (χ1) is 17.0. The summed E-state index contributed by atoms with van der Waals surface area (Å²) >= 11 is 0. The van der Waals surface area contributed by atoms with Gasteiger partial charge in [-0.25, -0.2) is 0 Å². The molecule has 0 bridgehead atoms. The third-order valence-corrected chi connectivity index (χ3v) is 9.18. The summed E-state index contributed by atoms with van der Waals surface area (Å²) < 4.78 is 49.7. The average Bonchev–Trinajstić information content (AvgIpc) is 3.24. The first-order valence-corrected chi connectivity index (χ1v) is 15.3. The fourth-order valence-electron chi connectivity index (χ4n) is 4.98. The van der Waals surface area contributed by atoms with Gasteiger partial charge in [-0.1, -0.05) is 26.7 Å². The van der Waals surface area contributed by atoms with Crippen molar-refractivity contribution in [3.05, 3.63) is 0 Å². The number of carbonyl (C=O) groups is 1. The molecule has 0 aliphatic carbocycles. The standard InChI is InChI=1S/C26H50NO8P/c1-17(2)31-14-24-26(18(3)20(5)33-24)35-36(29,16-22(28)12-10-8-9-11-13-27)32-15-23-19(4)25(30-7)21(6)34-23/h17-21,23-26H,8-16,27H2,1-7H3/t18-,19?,20-,21+,23-,24?,25-,26-,36?/m0/s1. The average molecular weight is 536 g/mol. The second kappa shape index (κ2) is 15.3. The SMILES string of the molecule is CO[C@H]1C(C)[C@H](COP(=O)(CC(=O)CCCCCCN)O[C@@H]2C(COC(C)C)O[C@@H](C)[C@@H]2C)O[C@@H]1C. The van der Waals surface area contributed by atoms with Gasteiger partial charge in [-0.3, -0.25) is 9.36 Å². The zero-order valence-electron chi connectivity index (χ0n) is 23.4. The lowest BCUT2D eigenvalue weighted by molar-refractivity contribution is -0.117. The zero-order valence-corrected chi connectivity index (χ0v) is 24.2. The van der Waals surface area contributed by atoms with E-state index >= 15 is 0 Å². The molecule has 0 spiro atoms. The molecule has 2 rings (SSSR count). The summed E-state index contributed by atoms with van der Waals surface area (Å²) in [5, 5.41) is 0. The van der Waals surface area contributed by atoms with Crippen molar-refractivity contribution in [2.24, 2.45) is 17.6 Å². The number of ketones is 1. The van der Waals surface area contributed by atoms with Crippen molar-refractivity contribution in [3.8, 4) is 0 Å². The normalized spacial score (nSPS) is 34.4. The molecule has 0 saturated carbocycles. The highest BCUT2D eigenvalue weighted by Gasteiger charge is 2.47. The van der Waals surface area contributed by atoms with Crippen LogP contribution in [-0.2, 0) is 37.4 Å². The number of hydrogen-bond donors (Lipinski definition) is 1. The Morgan fingerprint density at radius 3 is 2.19 bits per heavy atom. The minimum atomic E-state index is -3.79. The minimum Gasteiger partial charge on any atom is -0.378 e. The van der Waals surface area contributed by atoms with E-state index < -0.39 is 13.7 Å². The number of methoxy groups -OCH3 is 1. The lowest BCUT2D eigenvalue weighted by Crippen LogP contribution is -2.34. The van der Waals surface area contributed by atoms with E-state index in [1.807, 2.05) is 41.5 Å². The molecule has 0 radical (unpaired) electrons. The summed E-state index contributed by atoms with van der Waals surface area (Å²) in [6, 6.07) is 0. The third-order valence-electron chi connectivity index (χ3n) is 7.33. The number of Topliss-reactive ketones (excluding diaryl/α,β-unsaturated/α-hetero) is 1. The van der Waals surface area contributed by atoms with Crippen LogP contribution >= 0.6 is 7.60 Å². The van der Waals surface area contributed by atoms with Gasteiger partial charge in [0.25, 0.3) is 0 Å². The van der Waals surface area contributed by atoms with Crippen LogP contribution < -0.4 is 5.73 Å².